The molecule has 0 aliphatic rings. The lowest BCUT2D eigenvalue weighted by Crippen LogP contribution is -2.00. The molecule has 0 bridgehead atoms. The summed E-state index contributed by atoms with van der Waals surface area (Å²) in [7, 11) is 0. The Labute approximate surface area is 306 Å². The van der Waals surface area contributed by atoms with E-state index in [-0.39, 0.29) is 0 Å². The Hall–Kier alpha value is -7.17. The van der Waals surface area contributed by atoms with Crippen LogP contribution >= 0.6 is 0 Å². The van der Waals surface area contributed by atoms with Crippen LogP contribution < -0.4 is 0 Å². The maximum atomic E-state index is 6.47. The van der Waals surface area contributed by atoms with E-state index in [0.29, 0.717) is 17.5 Å². The molecule has 0 spiro atoms. The molecule has 0 N–H and O–H groups in total. The van der Waals surface area contributed by atoms with E-state index in [1.807, 2.05) is 72.8 Å². The molecule has 0 fully saturated rings. The molecular weight excluding hydrogens is 647 g/mol. The van der Waals surface area contributed by atoms with Gasteiger partial charge in [0.1, 0.15) is 11.2 Å². The van der Waals surface area contributed by atoms with Gasteiger partial charge in [-0.1, -0.05) is 170 Å². The van der Waals surface area contributed by atoms with Gasteiger partial charge in [0.2, 0.25) is 0 Å². The highest BCUT2D eigenvalue weighted by molar-refractivity contribution is 6.19. The molecule has 10 rings (SSSR count). The number of benzene rings is 8. The van der Waals surface area contributed by atoms with Crippen LogP contribution in [0.5, 0.6) is 0 Å². The summed E-state index contributed by atoms with van der Waals surface area (Å²) in [5.74, 6) is 1.90. The average molecular weight is 678 g/mol. The third-order valence-corrected chi connectivity index (χ3v) is 9.98. The molecule has 4 heteroatoms. The van der Waals surface area contributed by atoms with E-state index in [9.17, 15) is 0 Å². The zero-order valence-electron chi connectivity index (χ0n) is 28.6. The highest BCUT2D eigenvalue weighted by Crippen LogP contribution is 2.46. The second kappa shape index (κ2) is 12.9. The van der Waals surface area contributed by atoms with E-state index >= 15 is 0 Å². The standard InChI is InChI=1S/C49H31N3O/c1-4-14-32(15-5-1)33-24-26-34(27-25-33)37-30-31-44-46(42-22-12-13-23-43(42)53-44)45(37)40-28-29-41(39-21-11-10-20-38(39)40)49-51-47(35-16-6-2-7-17-35)50-48(52-49)36-18-8-3-9-19-36/h1-31H. The first-order chi connectivity index (χ1) is 26.3. The van der Waals surface area contributed by atoms with Gasteiger partial charge in [0.15, 0.2) is 17.5 Å². The van der Waals surface area contributed by atoms with E-state index in [0.717, 1.165) is 71.7 Å². The van der Waals surface area contributed by atoms with Crippen LogP contribution in [0, 0.1) is 0 Å². The van der Waals surface area contributed by atoms with E-state index < -0.39 is 0 Å². The predicted molar refractivity (Wildman–Crippen MR) is 217 cm³/mol. The van der Waals surface area contributed by atoms with Gasteiger partial charge in [-0.05, 0) is 56.8 Å². The van der Waals surface area contributed by atoms with Gasteiger partial charge in [-0.2, -0.15) is 0 Å². The fraction of sp³-hybridized carbons (Fsp3) is 0. The van der Waals surface area contributed by atoms with Crippen molar-refractivity contribution in [2.24, 2.45) is 0 Å². The number of nitrogens with zero attached hydrogens (tertiary/aromatic N) is 3. The van der Waals surface area contributed by atoms with Crippen molar-refractivity contribution in [2.75, 3.05) is 0 Å². The van der Waals surface area contributed by atoms with Gasteiger partial charge in [-0.3, -0.25) is 0 Å². The van der Waals surface area contributed by atoms with Crippen molar-refractivity contribution in [3.8, 4) is 67.5 Å². The highest BCUT2D eigenvalue weighted by atomic mass is 16.3. The van der Waals surface area contributed by atoms with Crippen LogP contribution in [0.25, 0.3) is 100 Å². The summed E-state index contributed by atoms with van der Waals surface area (Å²) < 4.78 is 6.47. The average Bonchev–Trinajstić information content (AvgIpc) is 3.63. The molecular formula is C49H31N3O. The molecule has 0 amide bonds. The second-order valence-corrected chi connectivity index (χ2v) is 13.1. The minimum atomic E-state index is 0.629. The quantitative estimate of drug-likeness (QED) is 0.176. The topological polar surface area (TPSA) is 51.8 Å². The first-order valence-electron chi connectivity index (χ1n) is 17.8. The molecule has 2 aromatic heterocycles. The Balaban J connectivity index is 1.21. The van der Waals surface area contributed by atoms with Crippen molar-refractivity contribution in [1.82, 2.24) is 15.0 Å². The molecule has 0 saturated carbocycles. The largest absolute Gasteiger partial charge is 0.456 e. The first-order valence-corrected chi connectivity index (χ1v) is 17.8. The molecule has 0 atom stereocenters. The normalized spacial score (nSPS) is 11.4. The molecule has 8 aromatic carbocycles. The summed E-state index contributed by atoms with van der Waals surface area (Å²) in [4.78, 5) is 15.1. The number of furan rings is 1. The van der Waals surface area contributed by atoms with E-state index in [1.54, 1.807) is 0 Å². The number of fused-ring (bicyclic) bond motifs is 4. The number of rotatable bonds is 6. The highest BCUT2D eigenvalue weighted by Gasteiger charge is 2.21. The molecule has 0 saturated heterocycles. The van der Waals surface area contributed by atoms with Crippen molar-refractivity contribution in [3.63, 3.8) is 0 Å². The minimum absolute atomic E-state index is 0.629. The molecule has 53 heavy (non-hydrogen) atoms. The van der Waals surface area contributed by atoms with Gasteiger partial charge in [-0.25, -0.2) is 15.0 Å². The van der Waals surface area contributed by atoms with Crippen LogP contribution in [0.3, 0.4) is 0 Å². The van der Waals surface area contributed by atoms with Crippen molar-refractivity contribution in [1.29, 1.82) is 0 Å². The molecule has 248 valence electrons. The fourth-order valence-corrected chi connectivity index (χ4v) is 7.45. The molecule has 4 nitrogen and oxygen atoms in total. The van der Waals surface area contributed by atoms with Gasteiger partial charge in [-0.15, -0.1) is 0 Å². The van der Waals surface area contributed by atoms with Gasteiger partial charge >= 0.3 is 0 Å². The molecule has 0 aliphatic carbocycles. The van der Waals surface area contributed by atoms with Gasteiger partial charge < -0.3 is 4.42 Å². The van der Waals surface area contributed by atoms with Gasteiger partial charge in [0.25, 0.3) is 0 Å². The van der Waals surface area contributed by atoms with E-state index in [2.05, 4.69) is 115 Å². The molecule has 2 heterocycles. The van der Waals surface area contributed by atoms with Crippen molar-refractivity contribution in [3.05, 3.63) is 188 Å². The lowest BCUT2D eigenvalue weighted by Gasteiger charge is -2.17. The minimum Gasteiger partial charge on any atom is -0.456 e. The maximum Gasteiger partial charge on any atom is 0.164 e. The van der Waals surface area contributed by atoms with Crippen LogP contribution in [-0.4, -0.2) is 15.0 Å². The fourth-order valence-electron chi connectivity index (χ4n) is 7.45. The Morgan fingerprint density at radius 3 is 1.38 bits per heavy atom. The SMILES string of the molecule is c1ccc(-c2ccc(-c3ccc4oc5ccccc5c4c3-c3ccc(-c4nc(-c5ccccc5)nc(-c5ccccc5)n4)c4ccccc34)cc2)cc1. The first kappa shape index (κ1) is 30.6. The van der Waals surface area contributed by atoms with Gasteiger partial charge in [0, 0.05) is 33.0 Å². The Kier molecular flexibility index (Phi) is 7.43. The summed E-state index contributed by atoms with van der Waals surface area (Å²) in [6.45, 7) is 0. The lowest BCUT2D eigenvalue weighted by atomic mass is 9.86. The zero-order valence-corrected chi connectivity index (χ0v) is 28.6. The summed E-state index contributed by atoms with van der Waals surface area (Å²) >= 11 is 0. The third kappa shape index (κ3) is 5.45. The summed E-state index contributed by atoms with van der Waals surface area (Å²) in [6.07, 6.45) is 0. The zero-order chi connectivity index (χ0) is 35.1. The van der Waals surface area contributed by atoms with Crippen LogP contribution in [-0.2, 0) is 0 Å². The second-order valence-electron chi connectivity index (χ2n) is 13.1. The maximum absolute atomic E-state index is 6.47. The van der Waals surface area contributed by atoms with Crippen molar-refractivity contribution >= 4 is 32.7 Å². The van der Waals surface area contributed by atoms with Crippen LogP contribution in [0.15, 0.2) is 192 Å². The third-order valence-electron chi connectivity index (χ3n) is 9.98. The van der Waals surface area contributed by atoms with Gasteiger partial charge in [0.05, 0.1) is 0 Å². The Morgan fingerprint density at radius 2 is 0.736 bits per heavy atom. The summed E-state index contributed by atoms with van der Waals surface area (Å²) in [5, 5.41) is 4.35. The smallest absolute Gasteiger partial charge is 0.164 e. The number of para-hydroxylation sites is 1. The number of aromatic nitrogens is 3. The molecule has 0 aliphatic heterocycles. The number of hydrogen-bond acceptors (Lipinski definition) is 4. The van der Waals surface area contributed by atoms with Crippen LogP contribution in [0.4, 0.5) is 0 Å². The molecule has 10 aromatic rings. The summed E-state index contributed by atoms with van der Waals surface area (Å²) in [5.41, 5.74) is 11.5. The van der Waals surface area contributed by atoms with Crippen LogP contribution in [0.1, 0.15) is 0 Å². The Morgan fingerprint density at radius 1 is 0.283 bits per heavy atom. The monoisotopic (exact) mass is 677 g/mol. The van der Waals surface area contributed by atoms with E-state index in [4.69, 9.17) is 19.4 Å². The van der Waals surface area contributed by atoms with Crippen molar-refractivity contribution < 1.29 is 4.42 Å². The molecule has 0 radical (unpaired) electrons. The van der Waals surface area contributed by atoms with Crippen molar-refractivity contribution in [2.45, 2.75) is 0 Å². The predicted octanol–water partition coefficient (Wildman–Crippen LogP) is 12.9. The van der Waals surface area contributed by atoms with E-state index in [1.165, 1.54) is 11.1 Å². The molecule has 0 unspecified atom stereocenters. The Bertz CT molecular complexity index is 2860. The number of hydrogen-bond donors (Lipinski definition) is 0. The van der Waals surface area contributed by atoms with Crippen LogP contribution in [0.2, 0.25) is 0 Å². The lowest BCUT2D eigenvalue weighted by molar-refractivity contribution is 0.669. The summed E-state index contributed by atoms with van der Waals surface area (Å²) in [6, 6.07) is 65.2.